The summed E-state index contributed by atoms with van der Waals surface area (Å²) in [6, 6.07) is 9.85. The van der Waals surface area contributed by atoms with Gasteiger partial charge in [0.25, 0.3) is 0 Å². The average molecular weight is 290 g/mol. The molecule has 1 aromatic carbocycles. The second-order valence-electron chi connectivity index (χ2n) is 4.12. The van der Waals surface area contributed by atoms with Crippen molar-refractivity contribution in [2.75, 3.05) is 0 Å². The molecular formula is C14H12ClN3S. The van der Waals surface area contributed by atoms with E-state index in [1.54, 1.807) is 0 Å². The maximum atomic E-state index is 9.21. The third-order valence-electron chi connectivity index (χ3n) is 2.82. The molecule has 0 aliphatic carbocycles. The third kappa shape index (κ3) is 3.25. The summed E-state index contributed by atoms with van der Waals surface area (Å²) in [5.74, 6) is 0.739. The van der Waals surface area contributed by atoms with Gasteiger partial charge < -0.3 is 0 Å². The molecule has 0 saturated heterocycles. The van der Waals surface area contributed by atoms with Gasteiger partial charge in [0.05, 0.1) is 11.3 Å². The number of aromatic nitrogens is 2. The van der Waals surface area contributed by atoms with Crippen molar-refractivity contribution in [3.63, 3.8) is 0 Å². The maximum Gasteiger partial charge on any atom is 0.137 e. The molecule has 0 aliphatic rings. The van der Waals surface area contributed by atoms with Gasteiger partial charge in [-0.05, 0) is 37.1 Å². The highest BCUT2D eigenvalue weighted by Gasteiger charge is 2.11. The van der Waals surface area contributed by atoms with Crippen LogP contribution in [0.2, 0.25) is 5.02 Å². The van der Waals surface area contributed by atoms with E-state index in [9.17, 15) is 5.26 Å². The molecule has 19 heavy (non-hydrogen) atoms. The molecule has 1 heterocycles. The Morgan fingerprint density at radius 3 is 2.53 bits per heavy atom. The van der Waals surface area contributed by atoms with Crippen molar-refractivity contribution >= 4 is 23.4 Å². The summed E-state index contributed by atoms with van der Waals surface area (Å²) in [5.41, 5.74) is 3.45. The molecule has 5 heteroatoms. The lowest BCUT2D eigenvalue weighted by atomic mass is 10.1. The van der Waals surface area contributed by atoms with Gasteiger partial charge in [-0.15, -0.1) is 5.10 Å². The predicted molar refractivity (Wildman–Crippen MR) is 77.2 cm³/mol. The number of halogens is 1. The van der Waals surface area contributed by atoms with Gasteiger partial charge in [-0.2, -0.15) is 10.4 Å². The van der Waals surface area contributed by atoms with Gasteiger partial charge in [0.2, 0.25) is 0 Å². The van der Waals surface area contributed by atoms with Crippen LogP contribution >= 0.6 is 23.4 Å². The Labute approximate surface area is 121 Å². The molecule has 3 nitrogen and oxygen atoms in total. The first-order valence-electron chi connectivity index (χ1n) is 5.73. The van der Waals surface area contributed by atoms with Crippen LogP contribution in [-0.4, -0.2) is 10.2 Å². The Bertz CT molecular complexity index is 632. The molecular weight excluding hydrogens is 278 g/mol. The Hall–Kier alpha value is -1.57. The fourth-order valence-corrected chi connectivity index (χ4v) is 2.62. The van der Waals surface area contributed by atoms with Crippen molar-refractivity contribution in [2.45, 2.75) is 24.6 Å². The molecule has 2 rings (SSSR count). The molecule has 0 amide bonds. The van der Waals surface area contributed by atoms with E-state index in [4.69, 9.17) is 11.6 Å². The molecule has 2 aromatic rings. The Kier molecular flexibility index (Phi) is 4.41. The van der Waals surface area contributed by atoms with Gasteiger partial charge in [-0.3, -0.25) is 0 Å². The summed E-state index contributed by atoms with van der Waals surface area (Å²) in [6.07, 6.45) is 0. The number of benzene rings is 1. The minimum Gasteiger partial charge on any atom is -0.192 e. The molecule has 0 unspecified atom stereocenters. The summed E-state index contributed by atoms with van der Waals surface area (Å²) in [7, 11) is 0. The van der Waals surface area contributed by atoms with E-state index >= 15 is 0 Å². The zero-order valence-corrected chi connectivity index (χ0v) is 12.2. The van der Waals surface area contributed by atoms with Gasteiger partial charge in [0, 0.05) is 10.8 Å². The summed E-state index contributed by atoms with van der Waals surface area (Å²) >= 11 is 7.36. The van der Waals surface area contributed by atoms with Crippen LogP contribution in [0.15, 0.2) is 29.3 Å². The van der Waals surface area contributed by atoms with Crippen LogP contribution in [0.5, 0.6) is 0 Å². The van der Waals surface area contributed by atoms with Gasteiger partial charge in [-0.1, -0.05) is 35.5 Å². The predicted octanol–water partition coefficient (Wildman–Crippen LogP) is 3.91. The monoisotopic (exact) mass is 289 g/mol. The highest BCUT2D eigenvalue weighted by Crippen LogP contribution is 2.26. The van der Waals surface area contributed by atoms with E-state index in [0.29, 0.717) is 10.6 Å². The minimum absolute atomic E-state index is 0.617. The van der Waals surface area contributed by atoms with Crippen LogP contribution < -0.4 is 0 Å². The van der Waals surface area contributed by atoms with E-state index in [0.717, 1.165) is 27.6 Å². The molecule has 0 atom stereocenters. The summed E-state index contributed by atoms with van der Waals surface area (Å²) in [4.78, 5) is 0. The van der Waals surface area contributed by atoms with Crippen molar-refractivity contribution in [3.05, 3.63) is 51.7 Å². The molecule has 0 bridgehead atoms. The molecule has 0 radical (unpaired) electrons. The molecule has 1 aromatic heterocycles. The second-order valence-corrected chi connectivity index (χ2v) is 5.52. The highest BCUT2D eigenvalue weighted by atomic mass is 35.5. The van der Waals surface area contributed by atoms with Crippen molar-refractivity contribution < 1.29 is 0 Å². The molecule has 0 spiro atoms. The lowest BCUT2D eigenvalue weighted by molar-refractivity contribution is 0.871. The number of hydrogen-bond acceptors (Lipinski definition) is 4. The molecule has 0 N–H and O–H groups in total. The molecule has 0 saturated carbocycles. The van der Waals surface area contributed by atoms with Gasteiger partial charge in [-0.25, -0.2) is 0 Å². The molecule has 96 valence electrons. The third-order valence-corrected chi connectivity index (χ3v) is 4.11. The van der Waals surface area contributed by atoms with Gasteiger partial charge in [0.15, 0.2) is 0 Å². The van der Waals surface area contributed by atoms with Crippen LogP contribution in [-0.2, 0) is 5.75 Å². The Balaban J connectivity index is 2.18. The van der Waals surface area contributed by atoms with E-state index < -0.39 is 0 Å². The molecule has 0 fully saturated rings. The van der Waals surface area contributed by atoms with Gasteiger partial charge in [0.1, 0.15) is 11.1 Å². The minimum atomic E-state index is 0.617. The van der Waals surface area contributed by atoms with Gasteiger partial charge >= 0.3 is 0 Å². The van der Waals surface area contributed by atoms with E-state index in [2.05, 4.69) is 16.3 Å². The largest absolute Gasteiger partial charge is 0.192 e. The Morgan fingerprint density at radius 2 is 1.89 bits per heavy atom. The lowest BCUT2D eigenvalue weighted by Gasteiger charge is -2.06. The zero-order chi connectivity index (χ0) is 13.8. The first-order chi connectivity index (χ1) is 9.11. The standard InChI is InChI=1S/C14H12ClN3S/c1-9-10(2)17-18-14(13(9)7-16)19-8-11-3-5-12(15)6-4-11/h3-6H,8H2,1-2H3. The fraction of sp³-hybridized carbons (Fsp3) is 0.214. The van der Waals surface area contributed by atoms with E-state index in [1.807, 2.05) is 38.1 Å². The summed E-state index contributed by atoms with van der Waals surface area (Å²) < 4.78 is 0. The normalized spacial score (nSPS) is 10.2. The average Bonchev–Trinajstić information content (AvgIpc) is 2.42. The summed E-state index contributed by atoms with van der Waals surface area (Å²) in [6.45, 7) is 3.76. The SMILES string of the molecule is Cc1nnc(SCc2ccc(Cl)cc2)c(C#N)c1C. The number of nitriles is 1. The van der Waals surface area contributed by atoms with Crippen LogP contribution in [0.1, 0.15) is 22.4 Å². The van der Waals surface area contributed by atoms with Crippen LogP contribution in [0, 0.1) is 25.2 Å². The van der Waals surface area contributed by atoms with Crippen LogP contribution in [0.25, 0.3) is 0 Å². The number of nitrogens with zero attached hydrogens (tertiary/aromatic N) is 3. The molecule has 0 aliphatic heterocycles. The van der Waals surface area contributed by atoms with Crippen LogP contribution in [0.4, 0.5) is 0 Å². The highest BCUT2D eigenvalue weighted by molar-refractivity contribution is 7.98. The number of hydrogen-bond donors (Lipinski definition) is 0. The number of aryl methyl sites for hydroxylation is 1. The first kappa shape index (κ1) is 13.9. The van der Waals surface area contributed by atoms with E-state index in [1.165, 1.54) is 11.8 Å². The van der Waals surface area contributed by atoms with E-state index in [-0.39, 0.29) is 0 Å². The fourth-order valence-electron chi connectivity index (χ4n) is 1.55. The summed E-state index contributed by atoms with van der Waals surface area (Å²) in [5, 5.41) is 18.8. The van der Waals surface area contributed by atoms with Crippen molar-refractivity contribution in [2.24, 2.45) is 0 Å². The second kappa shape index (κ2) is 6.05. The number of rotatable bonds is 3. The van der Waals surface area contributed by atoms with Crippen molar-refractivity contribution in [1.82, 2.24) is 10.2 Å². The maximum absolute atomic E-state index is 9.21. The van der Waals surface area contributed by atoms with Crippen molar-refractivity contribution in [1.29, 1.82) is 5.26 Å². The van der Waals surface area contributed by atoms with Crippen molar-refractivity contribution in [3.8, 4) is 6.07 Å². The van der Waals surface area contributed by atoms with Crippen LogP contribution in [0.3, 0.4) is 0 Å². The quantitative estimate of drug-likeness (QED) is 0.804. The zero-order valence-electron chi connectivity index (χ0n) is 10.6. The lowest BCUT2D eigenvalue weighted by Crippen LogP contribution is -1.99. The Morgan fingerprint density at radius 1 is 1.21 bits per heavy atom. The first-order valence-corrected chi connectivity index (χ1v) is 7.09. The number of thioether (sulfide) groups is 1. The smallest absolute Gasteiger partial charge is 0.137 e. The topological polar surface area (TPSA) is 49.6 Å².